The van der Waals surface area contributed by atoms with Crippen molar-refractivity contribution < 1.29 is 23.1 Å². The van der Waals surface area contributed by atoms with Crippen molar-refractivity contribution in [1.82, 2.24) is 4.72 Å². The fraction of sp³-hybridized carbons (Fsp3) is 0.238. The van der Waals surface area contributed by atoms with Crippen molar-refractivity contribution in [3.63, 3.8) is 0 Å². The third-order valence-electron chi connectivity index (χ3n) is 3.69. The van der Waals surface area contributed by atoms with Crippen LogP contribution in [0.15, 0.2) is 59.5 Å². The summed E-state index contributed by atoms with van der Waals surface area (Å²) in [6.45, 7) is 7.66. The van der Waals surface area contributed by atoms with Crippen molar-refractivity contribution >= 4 is 27.6 Å². The zero-order chi connectivity index (χ0) is 22.0. The van der Waals surface area contributed by atoms with E-state index in [0.29, 0.717) is 0 Å². The van der Waals surface area contributed by atoms with E-state index in [2.05, 4.69) is 10.0 Å². The molecule has 0 aliphatic heterocycles. The molecule has 0 bridgehead atoms. The van der Waals surface area contributed by atoms with E-state index in [1.807, 2.05) is 13.8 Å². The lowest BCUT2D eigenvalue weighted by Crippen LogP contribution is -2.24. The Morgan fingerprint density at radius 3 is 2.41 bits per heavy atom. The van der Waals surface area contributed by atoms with Crippen molar-refractivity contribution in [2.75, 3.05) is 11.9 Å². The lowest BCUT2D eigenvalue weighted by atomic mass is 10.1. The first-order valence-corrected chi connectivity index (χ1v) is 10.6. The summed E-state index contributed by atoms with van der Waals surface area (Å²) in [6.07, 6.45) is 3.37. The maximum atomic E-state index is 12.5. The van der Waals surface area contributed by atoms with Crippen LogP contribution in [-0.4, -0.2) is 31.9 Å². The Kier molecular flexibility index (Phi) is 9.24. The summed E-state index contributed by atoms with van der Waals surface area (Å²) in [4.78, 5) is 23.8. The van der Waals surface area contributed by atoms with Crippen LogP contribution >= 0.6 is 0 Å². The number of nitrogens with one attached hydrogen (secondary N) is 2. The lowest BCUT2D eigenvalue weighted by molar-refractivity contribution is 0.0698. The summed E-state index contributed by atoms with van der Waals surface area (Å²) < 4.78 is 26.9. The fourth-order valence-electron chi connectivity index (χ4n) is 2.30. The van der Waals surface area contributed by atoms with Gasteiger partial charge in [0.05, 0.1) is 16.1 Å². The number of allylic oxidation sites excluding steroid dienone is 1. The van der Waals surface area contributed by atoms with Gasteiger partial charge in [-0.2, -0.15) is 0 Å². The van der Waals surface area contributed by atoms with Gasteiger partial charge in [0.2, 0.25) is 10.0 Å². The second-order valence-corrected chi connectivity index (χ2v) is 7.52. The average Bonchev–Trinajstić information content (AvgIpc) is 2.71. The summed E-state index contributed by atoms with van der Waals surface area (Å²) in [5.74, 6) is -1.77. The number of sulfonamides is 1. The van der Waals surface area contributed by atoms with Crippen LogP contribution in [-0.2, 0) is 10.0 Å². The minimum atomic E-state index is -3.76. The van der Waals surface area contributed by atoms with Crippen molar-refractivity contribution in [2.45, 2.75) is 32.6 Å². The average molecular weight is 419 g/mol. The predicted octanol–water partition coefficient (Wildman–Crippen LogP) is 3.83. The van der Waals surface area contributed by atoms with Gasteiger partial charge < -0.3 is 10.4 Å². The van der Waals surface area contributed by atoms with E-state index in [9.17, 15) is 23.1 Å². The highest BCUT2D eigenvalue weighted by atomic mass is 32.2. The molecule has 7 nitrogen and oxygen atoms in total. The van der Waals surface area contributed by atoms with Crippen LogP contribution in [0, 0.1) is 6.92 Å². The number of carbonyl (C=O) groups is 2. The molecule has 2 aromatic rings. The molecule has 156 valence electrons. The minimum Gasteiger partial charge on any atom is -0.478 e. The number of aromatic carboxylic acids is 1. The standard InChI is InChI=1S/C19H20N2O5S.C2H6/c1-3-4-10-20-27(25,26)15-7-5-6-14(12-15)18(22)21-17-9-8-13(2)11-16(17)19(23)24;1-2/h3-9,11-12,20H,10H2,1-2H3,(H,21,22)(H,23,24);1-2H3/b4-3-;. The highest BCUT2D eigenvalue weighted by molar-refractivity contribution is 7.89. The van der Waals surface area contributed by atoms with Crippen molar-refractivity contribution in [3.8, 4) is 0 Å². The van der Waals surface area contributed by atoms with Crippen molar-refractivity contribution in [3.05, 3.63) is 71.3 Å². The van der Waals surface area contributed by atoms with Gasteiger partial charge in [0.15, 0.2) is 0 Å². The first-order chi connectivity index (χ1) is 13.7. The van der Waals surface area contributed by atoms with Gasteiger partial charge in [0.25, 0.3) is 5.91 Å². The van der Waals surface area contributed by atoms with E-state index < -0.39 is 21.9 Å². The number of carboxylic acid groups (broad SMARTS) is 1. The molecule has 0 unspecified atom stereocenters. The van der Waals surface area contributed by atoms with Gasteiger partial charge in [-0.25, -0.2) is 17.9 Å². The van der Waals surface area contributed by atoms with Crippen molar-refractivity contribution in [2.24, 2.45) is 0 Å². The van der Waals surface area contributed by atoms with Gasteiger partial charge in [-0.05, 0) is 44.2 Å². The van der Waals surface area contributed by atoms with Crippen LogP contribution in [0.2, 0.25) is 0 Å². The summed E-state index contributed by atoms with van der Waals surface area (Å²) in [5, 5.41) is 11.8. The van der Waals surface area contributed by atoms with E-state index in [4.69, 9.17) is 0 Å². The number of anilines is 1. The fourth-order valence-corrected chi connectivity index (χ4v) is 3.32. The van der Waals surface area contributed by atoms with Crippen LogP contribution in [0.5, 0.6) is 0 Å². The van der Waals surface area contributed by atoms with Gasteiger partial charge in [0, 0.05) is 12.1 Å². The smallest absolute Gasteiger partial charge is 0.337 e. The number of aryl methyl sites for hydroxylation is 1. The number of carbonyl (C=O) groups excluding carboxylic acids is 1. The first-order valence-electron chi connectivity index (χ1n) is 9.11. The molecule has 2 rings (SSSR count). The third kappa shape index (κ3) is 6.85. The summed E-state index contributed by atoms with van der Waals surface area (Å²) in [6, 6.07) is 10.1. The highest BCUT2D eigenvalue weighted by Gasteiger charge is 2.17. The normalized spacial score (nSPS) is 10.9. The molecule has 0 aromatic heterocycles. The van der Waals surface area contributed by atoms with Crippen LogP contribution in [0.1, 0.15) is 47.1 Å². The molecule has 2 aromatic carbocycles. The lowest BCUT2D eigenvalue weighted by Gasteiger charge is -2.10. The quantitative estimate of drug-likeness (QED) is 0.592. The summed E-state index contributed by atoms with van der Waals surface area (Å²) in [5.41, 5.74) is 0.934. The number of amides is 1. The molecule has 1 amide bonds. The Labute approximate surface area is 171 Å². The second-order valence-electron chi connectivity index (χ2n) is 5.76. The van der Waals surface area contributed by atoms with E-state index in [-0.39, 0.29) is 28.3 Å². The van der Waals surface area contributed by atoms with Gasteiger partial charge >= 0.3 is 5.97 Å². The molecule has 29 heavy (non-hydrogen) atoms. The Balaban J connectivity index is 0.00000204. The van der Waals surface area contributed by atoms with Crippen LogP contribution in [0.4, 0.5) is 5.69 Å². The molecule has 3 N–H and O–H groups in total. The molecule has 0 radical (unpaired) electrons. The van der Waals surface area contributed by atoms with Crippen LogP contribution < -0.4 is 10.0 Å². The maximum absolute atomic E-state index is 12.5. The topological polar surface area (TPSA) is 113 Å². The van der Waals surface area contributed by atoms with Crippen molar-refractivity contribution in [1.29, 1.82) is 0 Å². The first kappa shape index (κ1) is 24.1. The van der Waals surface area contributed by atoms with E-state index in [0.717, 1.165) is 5.56 Å². The SMILES string of the molecule is C/C=C\CNS(=O)(=O)c1cccc(C(=O)Nc2ccc(C)cc2C(=O)O)c1.CC. The molecular weight excluding hydrogens is 392 g/mol. The monoisotopic (exact) mass is 418 g/mol. The Morgan fingerprint density at radius 2 is 1.79 bits per heavy atom. The number of hydrogen-bond donors (Lipinski definition) is 3. The van der Waals surface area contributed by atoms with Gasteiger partial charge in [-0.15, -0.1) is 0 Å². The second kappa shape index (κ2) is 11.1. The molecule has 0 fully saturated rings. The zero-order valence-corrected chi connectivity index (χ0v) is 17.7. The molecular formula is C21H26N2O5S. The molecule has 0 aliphatic rings. The Morgan fingerprint density at radius 1 is 1.10 bits per heavy atom. The molecule has 0 saturated heterocycles. The van der Waals surface area contributed by atoms with Crippen LogP contribution in [0.3, 0.4) is 0 Å². The minimum absolute atomic E-state index is 0.0415. The Hall–Kier alpha value is -2.97. The molecule has 0 heterocycles. The third-order valence-corrected chi connectivity index (χ3v) is 5.11. The summed E-state index contributed by atoms with van der Waals surface area (Å²) >= 11 is 0. The maximum Gasteiger partial charge on any atom is 0.337 e. The number of benzene rings is 2. The number of carboxylic acids is 1. The van der Waals surface area contributed by atoms with Gasteiger partial charge in [-0.3, -0.25) is 4.79 Å². The highest BCUT2D eigenvalue weighted by Crippen LogP contribution is 2.19. The molecule has 0 atom stereocenters. The van der Waals surface area contributed by atoms with Gasteiger partial charge in [-0.1, -0.05) is 43.7 Å². The Bertz CT molecular complexity index is 998. The number of rotatable bonds is 7. The van der Waals surface area contributed by atoms with Crippen LogP contribution in [0.25, 0.3) is 0 Å². The van der Waals surface area contributed by atoms with E-state index in [1.54, 1.807) is 32.1 Å². The molecule has 0 saturated carbocycles. The largest absolute Gasteiger partial charge is 0.478 e. The molecule has 8 heteroatoms. The number of hydrogen-bond acceptors (Lipinski definition) is 4. The molecule has 0 spiro atoms. The van der Waals surface area contributed by atoms with E-state index >= 15 is 0 Å². The van der Waals surface area contributed by atoms with Gasteiger partial charge in [0.1, 0.15) is 0 Å². The molecule has 0 aliphatic carbocycles. The zero-order valence-electron chi connectivity index (χ0n) is 16.9. The predicted molar refractivity (Wildman–Crippen MR) is 114 cm³/mol. The summed E-state index contributed by atoms with van der Waals surface area (Å²) in [7, 11) is -3.76. The van der Waals surface area contributed by atoms with E-state index in [1.165, 1.54) is 36.4 Å².